The van der Waals surface area contributed by atoms with Crippen molar-refractivity contribution in [1.82, 2.24) is 14.8 Å². The molecule has 0 bridgehead atoms. The molecule has 0 unspecified atom stereocenters. The number of nitrogens with one attached hydrogen (secondary N) is 1. The maximum Gasteiger partial charge on any atom is 0.234 e. The summed E-state index contributed by atoms with van der Waals surface area (Å²) in [6.45, 7) is 0. The normalized spacial score (nSPS) is 12.4. The highest BCUT2D eigenvalue weighted by Crippen LogP contribution is 2.32. The van der Waals surface area contributed by atoms with Crippen LogP contribution in [0.25, 0.3) is 0 Å². The summed E-state index contributed by atoms with van der Waals surface area (Å²) in [7, 11) is 1.87. The highest BCUT2D eigenvalue weighted by molar-refractivity contribution is 7.99. The second-order valence-electron chi connectivity index (χ2n) is 7.48. The molecule has 1 N–H and O–H groups in total. The Morgan fingerprint density at radius 3 is 2.48 bits per heavy atom. The topological polar surface area (TPSA) is 93.9 Å². The number of hydrogen-bond donors (Lipinski definition) is 1. The summed E-state index contributed by atoms with van der Waals surface area (Å²) >= 11 is 2.92. The second-order valence-corrected chi connectivity index (χ2v) is 9.46. The lowest BCUT2D eigenvalue weighted by atomic mass is 9.83. The average Bonchev–Trinajstić information content (AvgIpc) is 3.46. The third-order valence-corrected chi connectivity index (χ3v) is 7.29. The molecule has 0 aliphatic heterocycles. The number of thiophene rings is 1. The van der Waals surface area contributed by atoms with Crippen molar-refractivity contribution in [2.24, 2.45) is 7.05 Å². The molecule has 7 nitrogen and oxygen atoms in total. The van der Waals surface area contributed by atoms with E-state index >= 15 is 0 Å². The highest BCUT2D eigenvalue weighted by atomic mass is 32.2. The molecule has 0 radical (unpaired) electrons. The summed E-state index contributed by atoms with van der Waals surface area (Å²) in [5.41, 5.74) is 1.60. The van der Waals surface area contributed by atoms with Gasteiger partial charge in [-0.25, -0.2) is 0 Å². The third kappa shape index (κ3) is 4.01. The molecule has 0 saturated carbocycles. The molecule has 33 heavy (non-hydrogen) atoms. The minimum Gasteiger partial charge on any atom is -0.325 e. The van der Waals surface area contributed by atoms with Gasteiger partial charge in [0.15, 0.2) is 16.7 Å². The Morgan fingerprint density at radius 1 is 0.970 bits per heavy atom. The SMILES string of the molecule is Cn1c(Cc2cccs2)nnc1SCC(=O)Nc1cccc2c1C(=O)c1ccccc1C2=O. The monoisotopic (exact) mass is 474 g/mol. The molecule has 2 aromatic carbocycles. The van der Waals surface area contributed by atoms with Crippen molar-refractivity contribution in [2.45, 2.75) is 11.6 Å². The zero-order valence-electron chi connectivity index (χ0n) is 17.6. The van der Waals surface area contributed by atoms with E-state index in [9.17, 15) is 14.4 Å². The number of amides is 1. The number of benzene rings is 2. The molecule has 164 valence electrons. The molecule has 1 amide bonds. The van der Waals surface area contributed by atoms with Gasteiger partial charge in [0.2, 0.25) is 5.91 Å². The minimum atomic E-state index is -0.296. The molecule has 5 rings (SSSR count). The van der Waals surface area contributed by atoms with Crippen LogP contribution < -0.4 is 5.32 Å². The number of hydrogen-bond acceptors (Lipinski definition) is 7. The van der Waals surface area contributed by atoms with Crippen LogP contribution in [0.4, 0.5) is 5.69 Å². The first-order valence-corrected chi connectivity index (χ1v) is 12.0. The van der Waals surface area contributed by atoms with Crippen molar-refractivity contribution < 1.29 is 14.4 Å². The van der Waals surface area contributed by atoms with Crippen LogP contribution in [0.2, 0.25) is 0 Å². The fourth-order valence-corrected chi connectivity index (χ4v) is 5.19. The number of aromatic nitrogens is 3. The van der Waals surface area contributed by atoms with E-state index in [2.05, 4.69) is 15.5 Å². The van der Waals surface area contributed by atoms with E-state index in [0.717, 1.165) is 5.82 Å². The molecule has 4 aromatic rings. The standard InChI is InChI=1S/C24H18N4O3S2/c1-28-19(12-14-6-5-11-32-14)26-27-24(28)33-13-20(29)25-18-10-4-9-17-21(18)23(31)16-8-3-2-7-15(16)22(17)30/h2-11H,12-13H2,1H3,(H,25,29). The van der Waals surface area contributed by atoms with Crippen molar-refractivity contribution >= 4 is 46.3 Å². The number of fused-ring (bicyclic) bond motifs is 2. The summed E-state index contributed by atoms with van der Waals surface area (Å²) in [6, 6.07) is 15.7. The Bertz CT molecular complexity index is 1390. The van der Waals surface area contributed by atoms with Gasteiger partial charge < -0.3 is 9.88 Å². The van der Waals surface area contributed by atoms with Crippen LogP contribution >= 0.6 is 23.1 Å². The number of anilines is 1. The van der Waals surface area contributed by atoms with Crippen molar-refractivity contribution in [1.29, 1.82) is 0 Å². The molecule has 0 fully saturated rings. The van der Waals surface area contributed by atoms with Crippen molar-refractivity contribution in [3.05, 3.63) is 92.9 Å². The Labute approximate surface area is 197 Å². The van der Waals surface area contributed by atoms with E-state index in [0.29, 0.717) is 34.0 Å². The lowest BCUT2D eigenvalue weighted by molar-refractivity contribution is -0.113. The predicted molar refractivity (Wildman–Crippen MR) is 127 cm³/mol. The van der Waals surface area contributed by atoms with Gasteiger partial charge in [-0.1, -0.05) is 54.2 Å². The van der Waals surface area contributed by atoms with Crippen LogP contribution in [0.3, 0.4) is 0 Å². The fourth-order valence-electron chi connectivity index (χ4n) is 3.76. The van der Waals surface area contributed by atoms with E-state index < -0.39 is 0 Å². The Kier molecular flexibility index (Phi) is 5.65. The molecule has 1 aliphatic carbocycles. The van der Waals surface area contributed by atoms with Crippen LogP contribution in [-0.4, -0.2) is 38.0 Å². The number of carbonyl (C=O) groups is 3. The lowest BCUT2D eigenvalue weighted by Gasteiger charge is -2.20. The minimum absolute atomic E-state index is 0.0906. The van der Waals surface area contributed by atoms with Gasteiger partial charge in [-0.05, 0) is 17.5 Å². The molecule has 1 aliphatic rings. The van der Waals surface area contributed by atoms with Gasteiger partial charge in [0.25, 0.3) is 0 Å². The van der Waals surface area contributed by atoms with Crippen LogP contribution in [0, 0.1) is 0 Å². The van der Waals surface area contributed by atoms with Gasteiger partial charge in [-0.15, -0.1) is 21.5 Å². The van der Waals surface area contributed by atoms with Gasteiger partial charge in [0, 0.05) is 35.0 Å². The number of ketones is 2. The molecule has 2 heterocycles. The van der Waals surface area contributed by atoms with E-state index in [1.807, 2.05) is 29.1 Å². The second kappa shape index (κ2) is 8.76. The number of carbonyl (C=O) groups excluding carboxylic acids is 3. The molecule has 0 atom stereocenters. The first-order valence-electron chi connectivity index (χ1n) is 10.2. The smallest absolute Gasteiger partial charge is 0.234 e. The van der Waals surface area contributed by atoms with Crippen LogP contribution in [0.15, 0.2) is 65.1 Å². The van der Waals surface area contributed by atoms with Crippen molar-refractivity contribution in [3.63, 3.8) is 0 Å². The van der Waals surface area contributed by atoms with E-state index in [4.69, 9.17) is 0 Å². The van der Waals surface area contributed by atoms with Gasteiger partial charge in [-0.3, -0.25) is 14.4 Å². The highest BCUT2D eigenvalue weighted by Gasteiger charge is 2.31. The summed E-state index contributed by atoms with van der Waals surface area (Å²) in [5, 5.41) is 13.9. The molecule has 0 saturated heterocycles. The maximum atomic E-state index is 13.1. The molecule has 0 spiro atoms. The van der Waals surface area contributed by atoms with Crippen molar-refractivity contribution in [3.8, 4) is 0 Å². The first-order chi connectivity index (χ1) is 16.0. The van der Waals surface area contributed by atoms with Gasteiger partial charge in [-0.2, -0.15) is 0 Å². The Balaban J connectivity index is 1.30. The molecule has 2 aromatic heterocycles. The van der Waals surface area contributed by atoms with E-state index in [-0.39, 0.29) is 28.8 Å². The largest absolute Gasteiger partial charge is 0.325 e. The average molecular weight is 475 g/mol. The summed E-state index contributed by atoms with van der Waals surface area (Å²) in [5.74, 6) is 0.127. The summed E-state index contributed by atoms with van der Waals surface area (Å²) in [6.07, 6.45) is 0.682. The molecular weight excluding hydrogens is 456 g/mol. The number of rotatable bonds is 6. The Morgan fingerprint density at radius 2 is 1.73 bits per heavy atom. The van der Waals surface area contributed by atoms with Gasteiger partial charge in [0.05, 0.1) is 17.0 Å². The summed E-state index contributed by atoms with van der Waals surface area (Å²) in [4.78, 5) is 39.8. The number of thioether (sulfide) groups is 1. The van der Waals surface area contributed by atoms with Gasteiger partial charge >= 0.3 is 0 Å². The maximum absolute atomic E-state index is 13.1. The quantitative estimate of drug-likeness (QED) is 0.374. The molecule has 9 heteroatoms. The zero-order chi connectivity index (χ0) is 22.9. The van der Waals surface area contributed by atoms with Crippen molar-refractivity contribution in [2.75, 3.05) is 11.1 Å². The van der Waals surface area contributed by atoms with Crippen LogP contribution in [0.5, 0.6) is 0 Å². The Hall–Kier alpha value is -3.56. The zero-order valence-corrected chi connectivity index (χ0v) is 19.2. The predicted octanol–water partition coefficient (Wildman–Crippen LogP) is 3.97. The van der Waals surface area contributed by atoms with Crippen LogP contribution in [0.1, 0.15) is 42.5 Å². The lowest BCUT2D eigenvalue weighted by Crippen LogP contribution is -2.24. The summed E-state index contributed by atoms with van der Waals surface area (Å²) < 4.78 is 1.88. The van der Waals surface area contributed by atoms with E-state index in [1.165, 1.54) is 16.6 Å². The van der Waals surface area contributed by atoms with Crippen LogP contribution in [-0.2, 0) is 18.3 Å². The molecular formula is C24H18N4O3S2. The number of nitrogens with zero attached hydrogens (tertiary/aromatic N) is 3. The van der Waals surface area contributed by atoms with E-state index in [1.54, 1.807) is 53.8 Å². The van der Waals surface area contributed by atoms with Gasteiger partial charge in [0.1, 0.15) is 5.82 Å². The third-order valence-electron chi connectivity index (χ3n) is 5.40. The fraction of sp³-hybridized carbons (Fsp3) is 0.125. The first kappa shape index (κ1) is 21.3.